The molecule has 0 bridgehead atoms. The third kappa shape index (κ3) is 7.29. The molecule has 1 aromatic heterocycles. The van der Waals surface area contributed by atoms with Gasteiger partial charge in [-0.3, -0.25) is 4.79 Å². The highest BCUT2D eigenvalue weighted by molar-refractivity contribution is 7.18. The van der Waals surface area contributed by atoms with Crippen molar-refractivity contribution in [3.05, 3.63) is 57.5 Å². The maximum absolute atomic E-state index is 12.6. The number of benzene rings is 1. The average molecular weight is 472 g/mol. The molecule has 178 valence electrons. The maximum Gasteiger partial charge on any atom is 0.349 e. The molecular weight excluding hydrogens is 438 g/mol. The van der Waals surface area contributed by atoms with E-state index < -0.39 is 23.4 Å². The van der Waals surface area contributed by atoms with Gasteiger partial charge in [-0.25, -0.2) is 9.59 Å². The van der Waals surface area contributed by atoms with Crippen molar-refractivity contribution in [1.82, 2.24) is 0 Å². The molecule has 0 atom stereocenters. The Morgan fingerprint density at radius 1 is 1.00 bits per heavy atom. The molecule has 0 unspecified atom stereocenters. The van der Waals surface area contributed by atoms with Crippen LogP contribution < -0.4 is 5.32 Å². The first-order chi connectivity index (χ1) is 15.2. The fourth-order valence-electron chi connectivity index (χ4n) is 2.99. The Kier molecular flexibility index (Phi) is 8.25. The molecular formula is C26H33NO5S. The number of amides is 1. The molecule has 1 aromatic carbocycles. The summed E-state index contributed by atoms with van der Waals surface area (Å²) in [7, 11) is 0. The van der Waals surface area contributed by atoms with Gasteiger partial charge in [-0.15, -0.1) is 11.3 Å². The van der Waals surface area contributed by atoms with Crippen LogP contribution in [0.2, 0.25) is 0 Å². The van der Waals surface area contributed by atoms with Crippen LogP contribution in [0.25, 0.3) is 6.08 Å². The smallest absolute Gasteiger partial charge is 0.349 e. The van der Waals surface area contributed by atoms with Gasteiger partial charge in [-0.05, 0) is 62.8 Å². The molecule has 0 radical (unpaired) electrons. The summed E-state index contributed by atoms with van der Waals surface area (Å²) in [6.45, 7) is 15.2. The van der Waals surface area contributed by atoms with Gasteiger partial charge in [-0.1, -0.05) is 45.0 Å². The lowest BCUT2D eigenvalue weighted by Crippen LogP contribution is -2.23. The van der Waals surface area contributed by atoms with Crippen LogP contribution in [0.3, 0.4) is 0 Å². The lowest BCUT2D eigenvalue weighted by molar-refractivity contribution is -0.111. The lowest BCUT2D eigenvalue weighted by Gasteiger charge is -2.19. The molecule has 0 aliphatic rings. The van der Waals surface area contributed by atoms with Crippen LogP contribution in [0.5, 0.6) is 0 Å². The zero-order chi connectivity index (χ0) is 25.0. The number of carbonyl (C=O) groups is 3. The molecule has 33 heavy (non-hydrogen) atoms. The van der Waals surface area contributed by atoms with Crippen LogP contribution in [0.4, 0.5) is 5.00 Å². The van der Waals surface area contributed by atoms with Gasteiger partial charge >= 0.3 is 11.9 Å². The summed E-state index contributed by atoms with van der Waals surface area (Å²) < 4.78 is 10.6. The number of thiophene rings is 1. The molecule has 6 nitrogen and oxygen atoms in total. The molecule has 0 fully saturated rings. The van der Waals surface area contributed by atoms with Crippen LogP contribution in [-0.2, 0) is 19.7 Å². The maximum atomic E-state index is 12.6. The molecule has 1 N–H and O–H groups in total. The number of hydrogen-bond donors (Lipinski definition) is 1. The fraction of sp³-hybridized carbons (Fsp3) is 0.423. The van der Waals surface area contributed by atoms with Gasteiger partial charge < -0.3 is 14.8 Å². The highest BCUT2D eigenvalue weighted by atomic mass is 32.1. The van der Waals surface area contributed by atoms with Crippen LogP contribution >= 0.6 is 11.3 Å². The van der Waals surface area contributed by atoms with Crippen LogP contribution in [0.15, 0.2) is 30.3 Å². The Hall–Kier alpha value is -2.93. The van der Waals surface area contributed by atoms with Crippen molar-refractivity contribution >= 4 is 40.3 Å². The molecule has 7 heteroatoms. The second-order valence-corrected chi connectivity index (χ2v) is 10.7. The minimum absolute atomic E-state index is 0.0476. The second-order valence-electron chi connectivity index (χ2n) is 9.68. The molecule has 0 saturated heterocycles. The molecule has 2 aromatic rings. The van der Waals surface area contributed by atoms with Crippen molar-refractivity contribution < 1.29 is 23.9 Å². The highest BCUT2D eigenvalue weighted by Crippen LogP contribution is 2.35. The molecule has 1 amide bonds. The minimum atomic E-state index is -0.688. The molecule has 0 aliphatic carbocycles. The molecule has 0 spiro atoms. The Bertz CT molecular complexity index is 1050. The van der Waals surface area contributed by atoms with E-state index >= 15 is 0 Å². The van der Waals surface area contributed by atoms with Crippen molar-refractivity contribution in [2.45, 2.75) is 66.4 Å². The largest absolute Gasteiger partial charge is 0.462 e. The van der Waals surface area contributed by atoms with Gasteiger partial charge in [0.25, 0.3) is 0 Å². The van der Waals surface area contributed by atoms with Gasteiger partial charge in [0.05, 0.1) is 12.2 Å². The van der Waals surface area contributed by atoms with Crippen molar-refractivity contribution in [3.8, 4) is 0 Å². The number of esters is 2. The number of ether oxygens (including phenoxy) is 2. The van der Waals surface area contributed by atoms with E-state index in [-0.39, 0.29) is 27.5 Å². The Labute approximate surface area is 200 Å². The lowest BCUT2D eigenvalue weighted by atomic mass is 9.87. The van der Waals surface area contributed by atoms with E-state index in [9.17, 15) is 14.4 Å². The number of nitrogens with one attached hydrogen (secondary N) is 1. The first-order valence-electron chi connectivity index (χ1n) is 10.9. The zero-order valence-electron chi connectivity index (χ0n) is 20.6. The standard InChI is InChI=1S/C26H33NO5S/c1-9-31-23(29)20-16(2)21(24(30)32-26(6,7)8)33-22(20)27-19(28)15-12-17-10-13-18(14-11-17)25(3,4)5/h10-15H,9H2,1-8H3,(H,27,28)/b15-12+. The van der Waals surface area contributed by atoms with Crippen LogP contribution in [0, 0.1) is 6.92 Å². The predicted octanol–water partition coefficient (Wildman–Crippen LogP) is 6.14. The summed E-state index contributed by atoms with van der Waals surface area (Å²) in [4.78, 5) is 38.0. The van der Waals surface area contributed by atoms with E-state index in [1.807, 2.05) is 24.3 Å². The second kappa shape index (κ2) is 10.3. The van der Waals surface area contributed by atoms with Gasteiger partial charge in [0.2, 0.25) is 5.91 Å². The van der Waals surface area contributed by atoms with Crippen molar-refractivity contribution in [3.63, 3.8) is 0 Å². The molecule has 0 aliphatic heterocycles. The minimum Gasteiger partial charge on any atom is -0.462 e. The quantitative estimate of drug-likeness (QED) is 0.404. The van der Waals surface area contributed by atoms with Crippen molar-refractivity contribution in [2.24, 2.45) is 0 Å². The third-order valence-corrected chi connectivity index (χ3v) is 5.84. The molecule has 2 rings (SSSR count). The number of hydrogen-bond acceptors (Lipinski definition) is 6. The van der Waals surface area contributed by atoms with E-state index in [1.54, 1.807) is 40.7 Å². The van der Waals surface area contributed by atoms with E-state index in [0.717, 1.165) is 16.9 Å². The van der Waals surface area contributed by atoms with Gasteiger partial charge in [0.1, 0.15) is 15.5 Å². The first kappa shape index (κ1) is 26.3. The number of rotatable bonds is 6. The van der Waals surface area contributed by atoms with Crippen molar-refractivity contribution in [1.29, 1.82) is 0 Å². The Morgan fingerprint density at radius 3 is 2.12 bits per heavy atom. The summed E-state index contributed by atoms with van der Waals surface area (Å²) in [5.74, 6) is -1.57. The Morgan fingerprint density at radius 2 is 1.61 bits per heavy atom. The van der Waals surface area contributed by atoms with E-state index in [1.165, 1.54) is 11.6 Å². The average Bonchev–Trinajstić information content (AvgIpc) is 3.01. The first-order valence-corrected chi connectivity index (χ1v) is 11.7. The molecule has 1 heterocycles. The molecule has 0 saturated carbocycles. The zero-order valence-corrected chi connectivity index (χ0v) is 21.4. The van der Waals surface area contributed by atoms with E-state index in [0.29, 0.717) is 5.56 Å². The monoisotopic (exact) mass is 471 g/mol. The van der Waals surface area contributed by atoms with E-state index in [2.05, 4.69) is 26.1 Å². The van der Waals surface area contributed by atoms with Crippen LogP contribution in [0.1, 0.15) is 85.2 Å². The fourth-order valence-corrected chi connectivity index (χ4v) is 4.06. The Balaban J connectivity index is 2.28. The number of anilines is 1. The topological polar surface area (TPSA) is 81.7 Å². The van der Waals surface area contributed by atoms with Gasteiger partial charge in [0, 0.05) is 6.08 Å². The third-order valence-electron chi connectivity index (χ3n) is 4.65. The summed E-state index contributed by atoms with van der Waals surface area (Å²) >= 11 is 1.00. The van der Waals surface area contributed by atoms with Crippen molar-refractivity contribution in [2.75, 3.05) is 11.9 Å². The van der Waals surface area contributed by atoms with E-state index in [4.69, 9.17) is 9.47 Å². The summed E-state index contributed by atoms with van der Waals surface area (Å²) in [5, 5.41) is 2.97. The summed E-state index contributed by atoms with van der Waals surface area (Å²) in [5.41, 5.74) is 2.02. The van der Waals surface area contributed by atoms with Crippen LogP contribution in [-0.4, -0.2) is 30.1 Å². The number of carbonyl (C=O) groups excluding carboxylic acids is 3. The summed E-state index contributed by atoms with van der Waals surface area (Å²) in [6.07, 6.45) is 3.09. The summed E-state index contributed by atoms with van der Waals surface area (Å²) in [6, 6.07) is 7.97. The van der Waals surface area contributed by atoms with Gasteiger partial charge in [0.15, 0.2) is 0 Å². The normalized spacial score (nSPS) is 12.0. The SMILES string of the molecule is CCOC(=O)c1c(NC(=O)/C=C/c2ccc(C(C)(C)C)cc2)sc(C(=O)OC(C)(C)C)c1C. The van der Waals surface area contributed by atoms with Gasteiger partial charge in [-0.2, -0.15) is 0 Å². The highest BCUT2D eigenvalue weighted by Gasteiger charge is 2.29. The predicted molar refractivity (Wildman–Crippen MR) is 133 cm³/mol.